The van der Waals surface area contributed by atoms with Gasteiger partial charge in [-0.25, -0.2) is 0 Å². The largest absolute Gasteiger partial charge is 0.481 e. The number of hydrogen-bond donors (Lipinski definition) is 2. The third-order valence-corrected chi connectivity index (χ3v) is 4.95. The molecule has 6 heteroatoms. The van der Waals surface area contributed by atoms with E-state index in [1.807, 2.05) is 13.0 Å². The molecule has 1 aromatic heterocycles. The zero-order valence-electron chi connectivity index (χ0n) is 12.2. The zero-order valence-corrected chi connectivity index (χ0v) is 14.6. The predicted molar refractivity (Wildman–Crippen MR) is 88.6 cm³/mol. The standard InChI is InChI=1S/C15H22BrNO3S/c1-11(5-8-15(19)20)9-10-17-14(18)4-2-3-12-6-7-13(16)21-12/h6-7,11H,2-5,8-10H2,1H3,(H,17,18)(H,19,20). The summed E-state index contributed by atoms with van der Waals surface area (Å²) in [6.45, 7) is 2.65. The molecular weight excluding hydrogens is 354 g/mol. The maximum Gasteiger partial charge on any atom is 0.303 e. The maximum absolute atomic E-state index is 11.7. The lowest BCUT2D eigenvalue weighted by Gasteiger charge is -2.10. The molecular formula is C15H22BrNO3S. The van der Waals surface area contributed by atoms with E-state index in [9.17, 15) is 9.59 Å². The quantitative estimate of drug-likeness (QED) is 0.652. The molecule has 0 bridgehead atoms. The number of carboxylic acid groups (broad SMARTS) is 1. The van der Waals surface area contributed by atoms with Crippen LogP contribution in [0.1, 0.15) is 43.9 Å². The second-order valence-corrected chi connectivity index (χ2v) is 7.78. The molecule has 1 rings (SSSR count). The highest BCUT2D eigenvalue weighted by Gasteiger charge is 2.07. The van der Waals surface area contributed by atoms with Gasteiger partial charge in [-0.15, -0.1) is 11.3 Å². The van der Waals surface area contributed by atoms with Gasteiger partial charge >= 0.3 is 5.97 Å². The Labute approximate surface area is 138 Å². The monoisotopic (exact) mass is 375 g/mol. The molecule has 4 nitrogen and oxygen atoms in total. The van der Waals surface area contributed by atoms with Gasteiger partial charge < -0.3 is 10.4 Å². The molecule has 0 aliphatic rings. The van der Waals surface area contributed by atoms with E-state index in [-0.39, 0.29) is 12.3 Å². The molecule has 0 aliphatic heterocycles. The van der Waals surface area contributed by atoms with Gasteiger partial charge in [0.1, 0.15) is 0 Å². The first-order chi connectivity index (χ1) is 9.97. The van der Waals surface area contributed by atoms with E-state index in [0.29, 0.717) is 25.3 Å². The zero-order chi connectivity index (χ0) is 15.7. The highest BCUT2D eigenvalue weighted by molar-refractivity contribution is 9.11. The van der Waals surface area contributed by atoms with Crippen LogP contribution in [0.15, 0.2) is 15.9 Å². The van der Waals surface area contributed by atoms with Gasteiger partial charge in [0.05, 0.1) is 3.79 Å². The number of hydrogen-bond acceptors (Lipinski definition) is 3. The molecule has 1 atom stereocenters. The summed E-state index contributed by atoms with van der Waals surface area (Å²) in [4.78, 5) is 23.4. The number of thiophene rings is 1. The molecule has 0 saturated carbocycles. The van der Waals surface area contributed by atoms with E-state index in [2.05, 4.69) is 27.3 Å². The number of nitrogens with one attached hydrogen (secondary N) is 1. The molecule has 0 spiro atoms. The van der Waals surface area contributed by atoms with Crippen molar-refractivity contribution < 1.29 is 14.7 Å². The van der Waals surface area contributed by atoms with E-state index in [1.165, 1.54) is 4.88 Å². The number of aryl methyl sites for hydroxylation is 1. The molecule has 0 fully saturated rings. The minimum absolute atomic E-state index is 0.0797. The van der Waals surface area contributed by atoms with Crippen molar-refractivity contribution in [3.8, 4) is 0 Å². The molecule has 0 aliphatic carbocycles. The second-order valence-electron chi connectivity index (χ2n) is 5.24. The SMILES string of the molecule is CC(CCNC(=O)CCCc1ccc(Br)s1)CCC(=O)O. The molecule has 21 heavy (non-hydrogen) atoms. The van der Waals surface area contributed by atoms with Crippen LogP contribution in [-0.4, -0.2) is 23.5 Å². The van der Waals surface area contributed by atoms with Crippen molar-refractivity contribution in [2.45, 2.75) is 45.4 Å². The first-order valence-electron chi connectivity index (χ1n) is 7.20. The fourth-order valence-electron chi connectivity index (χ4n) is 1.97. The molecule has 1 unspecified atom stereocenters. The Bertz CT molecular complexity index is 462. The summed E-state index contributed by atoms with van der Waals surface area (Å²) in [6, 6.07) is 4.11. The van der Waals surface area contributed by atoms with Gasteiger partial charge in [0.15, 0.2) is 0 Å². The number of amides is 1. The van der Waals surface area contributed by atoms with Crippen molar-refractivity contribution in [3.63, 3.8) is 0 Å². The maximum atomic E-state index is 11.7. The van der Waals surface area contributed by atoms with E-state index >= 15 is 0 Å². The van der Waals surface area contributed by atoms with Gasteiger partial charge in [-0.1, -0.05) is 6.92 Å². The molecule has 1 aromatic rings. The molecule has 1 amide bonds. The van der Waals surface area contributed by atoms with E-state index in [1.54, 1.807) is 11.3 Å². The van der Waals surface area contributed by atoms with Crippen LogP contribution in [0.2, 0.25) is 0 Å². The summed E-state index contributed by atoms with van der Waals surface area (Å²) in [5.41, 5.74) is 0. The molecule has 2 N–H and O–H groups in total. The van der Waals surface area contributed by atoms with Crippen molar-refractivity contribution in [1.82, 2.24) is 5.32 Å². The molecule has 0 saturated heterocycles. The summed E-state index contributed by atoms with van der Waals surface area (Å²) >= 11 is 5.13. The van der Waals surface area contributed by atoms with Gasteiger partial charge in [0.25, 0.3) is 0 Å². The fraction of sp³-hybridized carbons (Fsp3) is 0.600. The van der Waals surface area contributed by atoms with Crippen LogP contribution in [0.5, 0.6) is 0 Å². The number of carbonyl (C=O) groups excluding carboxylic acids is 1. The van der Waals surface area contributed by atoms with E-state index in [4.69, 9.17) is 5.11 Å². The predicted octanol–water partition coefficient (Wildman–Crippen LogP) is 3.84. The lowest BCUT2D eigenvalue weighted by molar-refractivity contribution is -0.137. The van der Waals surface area contributed by atoms with Crippen LogP contribution in [0.3, 0.4) is 0 Å². The summed E-state index contributed by atoms with van der Waals surface area (Å²) < 4.78 is 1.12. The number of halogens is 1. The van der Waals surface area contributed by atoms with Crippen molar-refractivity contribution in [2.24, 2.45) is 5.92 Å². The number of carbonyl (C=O) groups is 2. The summed E-state index contributed by atoms with van der Waals surface area (Å²) in [7, 11) is 0. The highest BCUT2D eigenvalue weighted by Crippen LogP contribution is 2.23. The fourth-order valence-corrected chi connectivity index (χ4v) is 3.49. The third-order valence-electron chi connectivity index (χ3n) is 3.27. The molecule has 0 radical (unpaired) electrons. The van der Waals surface area contributed by atoms with Gasteiger partial charge in [-0.3, -0.25) is 9.59 Å². The van der Waals surface area contributed by atoms with Crippen LogP contribution in [-0.2, 0) is 16.0 Å². The van der Waals surface area contributed by atoms with Crippen LogP contribution >= 0.6 is 27.3 Å². The van der Waals surface area contributed by atoms with Crippen molar-refractivity contribution in [1.29, 1.82) is 0 Å². The van der Waals surface area contributed by atoms with Crippen LogP contribution in [0.4, 0.5) is 0 Å². The Morgan fingerprint density at radius 3 is 2.71 bits per heavy atom. The number of aliphatic carboxylic acids is 1. The summed E-state index contributed by atoms with van der Waals surface area (Å²) in [5, 5.41) is 11.5. The first kappa shape index (κ1) is 18.2. The third kappa shape index (κ3) is 8.88. The second kappa shape index (κ2) is 9.95. The van der Waals surface area contributed by atoms with Gasteiger partial charge in [0.2, 0.25) is 5.91 Å². The van der Waals surface area contributed by atoms with Crippen LogP contribution < -0.4 is 5.32 Å². The van der Waals surface area contributed by atoms with Gasteiger partial charge in [0, 0.05) is 24.3 Å². The molecule has 118 valence electrons. The molecule has 0 aromatic carbocycles. The van der Waals surface area contributed by atoms with Crippen molar-refractivity contribution in [3.05, 3.63) is 20.8 Å². The first-order valence-corrected chi connectivity index (χ1v) is 8.81. The van der Waals surface area contributed by atoms with Crippen LogP contribution in [0.25, 0.3) is 0 Å². The molecule has 1 heterocycles. The Hall–Kier alpha value is -0.880. The Balaban J connectivity index is 2.04. The Morgan fingerprint density at radius 2 is 2.10 bits per heavy atom. The van der Waals surface area contributed by atoms with Gasteiger partial charge in [-0.2, -0.15) is 0 Å². The van der Waals surface area contributed by atoms with Crippen molar-refractivity contribution in [2.75, 3.05) is 6.54 Å². The average Bonchev–Trinajstić information content (AvgIpc) is 2.82. The van der Waals surface area contributed by atoms with E-state index in [0.717, 1.165) is 23.0 Å². The van der Waals surface area contributed by atoms with Gasteiger partial charge in [-0.05, 0) is 59.7 Å². The summed E-state index contributed by atoms with van der Waals surface area (Å²) in [5.74, 6) is -0.355. The Kier molecular flexibility index (Phi) is 8.61. The number of rotatable bonds is 10. The summed E-state index contributed by atoms with van der Waals surface area (Å²) in [6.07, 6.45) is 4.02. The van der Waals surface area contributed by atoms with Crippen LogP contribution in [0, 0.1) is 5.92 Å². The number of carboxylic acids is 1. The van der Waals surface area contributed by atoms with Crippen molar-refractivity contribution >= 4 is 39.1 Å². The topological polar surface area (TPSA) is 66.4 Å². The average molecular weight is 376 g/mol. The highest BCUT2D eigenvalue weighted by atomic mass is 79.9. The minimum Gasteiger partial charge on any atom is -0.481 e. The normalized spacial score (nSPS) is 12.1. The lowest BCUT2D eigenvalue weighted by Crippen LogP contribution is -2.25. The smallest absolute Gasteiger partial charge is 0.303 e. The lowest BCUT2D eigenvalue weighted by atomic mass is 10.0. The minimum atomic E-state index is -0.758. The van der Waals surface area contributed by atoms with E-state index < -0.39 is 5.97 Å². The Morgan fingerprint density at radius 1 is 1.33 bits per heavy atom.